The Kier molecular flexibility index (Phi) is 4.53. The van der Waals surface area contributed by atoms with E-state index in [2.05, 4.69) is 5.10 Å². The van der Waals surface area contributed by atoms with Crippen LogP contribution in [0, 0.1) is 0 Å². The molecule has 5 heteroatoms. The van der Waals surface area contributed by atoms with Crippen molar-refractivity contribution in [1.29, 1.82) is 0 Å². The lowest BCUT2D eigenvalue weighted by Crippen LogP contribution is -2.37. The van der Waals surface area contributed by atoms with Gasteiger partial charge < -0.3 is 5.11 Å². The second-order valence-corrected chi connectivity index (χ2v) is 4.79. The summed E-state index contributed by atoms with van der Waals surface area (Å²) < 4.78 is 1.79. The van der Waals surface area contributed by atoms with E-state index in [1.165, 1.54) is 0 Å². The van der Waals surface area contributed by atoms with Gasteiger partial charge in [0.1, 0.15) is 6.04 Å². The van der Waals surface area contributed by atoms with Crippen LogP contribution < -0.4 is 0 Å². The molecule has 1 aromatic heterocycles. The average molecular weight is 273 g/mol. The second kappa shape index (κ2) is 6.34. The van der Waals surface area contributed by atoms with E-state index in [1.54, 1.807) is 10.9 Å². The van der Waals surface area contributed by atoms with Crippen molar-refractivity contribution in [3.63, 3.8) is 0 Å². The Hall–Kier alpha value is -2.14. The fourth-order valence-corrected chi connectivity index (χ4v) is 2.25. The molecular weight excluding hydrogens is 254 g/mol. The summed E-state index contributed by atoms with van der Waals surface area (Å²) in [5, 5.41) is 13.3. The molecule has 0 aliphatic rings. The van der Waals surface area contributed by atoms with E-state index in [4.69, 9.17) is 5.11 Å². The zero-order valence-corrected chi connectivity index (χ0v) is 11.7. The summed E-state index contributed by atoms with van der Waals surface area (Å²) in [7, 11) is 1.84. The largest absolute Gasteiger partial charge is 0.480 e. The van der Waals surface area contributed by atoms with E-state index in [1.807, 2.05) is 55.4 Å². The summed E-state index contributed by atoms with van der Waals surface area (Å²) in [4.78, 5) is 13.0. The Morgan fingerprint density at radius 1 is 1.40 bits per heavy atom. The number of aliphatic carboxylic acids is 1. The van der Waals surface area contributed by atoms with E-state index in [-0.39, 0.29) is 0 Å². The number of carboxylic acids is 1. The molecule has 0 aliphatic heterocycles. The lowest BCUT2D eigenvalue weighted by atomic mass is 10.1. The van der Waals surface area contributed by atoms with Crippen LogP contribution >= 0.6 is 0 Å². The molecule has 0 saturated carbocycles. The lowest BCUT2D eigenvalue weighted by molar-refractivity contribution is -0.143. The maximum Gasteiger partial charge on any atom is 0.320 e. The molecule has 0 fully saturated rings. The van der Waals surface area contributed by atoms with Crippen LogP contribution in [0.15, 0.2) is 42.7 Å². The fourth-order valence-electron chi connectivity index (χ4n) is 2.25. The van der Waals surface area contributed by atoms with Gasteiger partial charge in [0.05, 0.1) is 5.69 Å². The number of carbonyl (C=O) groups is 1. The monoisotopic (exact) mass is 273 g/mol. The number of benzene rings is 1. The molecule has 5 nitrogen and oxygen atoms in total. The van der Waals surface area contributed by atoms with Gasteiger partial charge in [-0.3, -0.25) is 9.69 Å². The van der Waals surface area contributed by atoms with Crippen molar-refractivity contribution in [1.82, 2.24) is 14.7 Å². The molecule has 106 valence electrons. The Labute approximate surface area is 118 Å². The van der Waals surface area contributed by atoms with Crippen molar-refractivity contribution in [2.24, 2.45) is 0 Å². The van der Waals surface area contributed by atoms with Crippen LogP contribution in [0.2, 0.25) is 0 Å². The first-order chi connectivity index (χ1) is 9.61. The first-order valence-corrected chi connectivity index (χ1v) is 6.63. The standard InChI is InChI=1S/C15H19N3O2/c1-3-14(15(19)20)17(2)11-12-5-7-13(8-6-12)18-10-4-9-16-18/h4-10,14H,3,11H2,1-2H3,(H,19,20). The van der Waals surface area contributed by atoms with E-state index in [0.717, 1.165) is 11.3 Å². The van der Waals surface area contributed by atoms with E-state index >= 15 is 0 Å². The Morgan fingerprint density at radius 3 is 2.60 bits per heavy atom. The third-order valence-corrected chi connectivity index (χ3v) is 3.34. The fraction of sp³-hybridized carbons (Fsp3) is 0.333. The third kappa shape index (κ3) is 3.24. The van der Waals surface area contributed by atoms with E-state index in [0.29, 0.717) is 13.0 Å². The van der Waals surface area contributed by atoms with Gasteiger partial charge in [0.15, 0.2) is 0 Å². The molecule has 0 bridgehead atoms. The Balaban J connectivity index is 2.05. The minimum absolute atomic E-state index is 0.444. The van der Waals surface area contributed by atoms with Crippen LogP contribution in [0.3, 0.4) is 0 Å². The highest BCUT2D eigenvalue weighted by molar-refractivity contribution is 5.73. The molecule has 0 saturated heterocycles. The van der Waals surface area contributed by atoms with Crippen molar-refractivity contribution in [2.45, 2.75) is 25.9 Å². The van der Waals surface area contributed by atoms with Crippen LogP contribution in [0.1, 0.15) is 18.9 Å². The zero-order chi connectivity index (χ0) is 14.5. The van der Waals surface area contributed by atoms with Gasteiger partial charge in [-0.2, -0.15) is 5.10 Å². The highest BCUT2D eigenvalue weighted by Crippen LogP contribution is 2.12. The molecule has 1 aromatic carbocycles. The summed E-state index contributed by atoms with van der Waals surface area (Å²) in [6.45, 7) is 2.50. The number of hydrogen-bond acceptors (Lipinski definition) is 3. The minimum atomic E-state index is -0.775. The SMILES string of the molecule is CCC(C(=O)O)N(C)Cc1ccc(-n2cccn2)cc1. The molecule has 2 aromatic rings. The van der Waals surface area contributed by atoms with Crippen LogP contribution in [0.25, 0.3) is 5.69 Å². The van der Waals surface area contributed by atoms with Crippen LogP contribution in [-0.2, 0) is 11.3 Å². The molecule has 2 rings (SSSR count). The first-order valence-electron chi connectivity index (χ1n) is 6.63. The van der Waals surface area contributed by atoms with E-state index in [9.17, 15) is 4.79 Å². The smallest absolute Gasteiger partial charge is 0.320 e. The van der Waals surface area contributed by atoms with Gasteiger partial charge in [-0.1, -0.05) is 19.1 Å². The van der Waals surface area contributed by atoms with Crippen molar-refractivity contribution >= 4 is 5.97 Å². The average Bonchev–Trinajstić information content (AvgIpc) is 2.94. The maximum absolute atomic E-state index is 11.1. The molecule has 0 amide bonds. The summed E-state index contributed by atoms with van der Waals surface area (Å²) in [5.74, 6) is -0.775. The molecule has 1 heterocycles. The van der Waals surface area contributed by atoms with Crippen LogP contribution in [0.5, 0.6) is 0 Å². The first kappa shape index (κ1) is 14.3. The van der Waals surface area contributed by atoms with Crippen molar-refractivity contribution in [2.75, 3.05) is 7.05 Å². The zero-order valence-electron chi connectivity index (χ0n) is 11.7. The number of rotatable bonds is 6. The normalized spacial score (nSPS) is 12.6. The summed E-state index contributed by atoms with van der Waals surface area (Å²) >= 11 is 0. The van der Waals surface area contributed by atoms with Gasteiger partial charge in [-0.15, -0.1) is 0 Å². The molecular formula is C15H19N3O2. The lowest BCUT2D eigenvalue weighted by Gasteiger charge is -2.23. The minimum Gasteiger partial charge on any atom is -0.480 e. The van der Waals surface area contributed by atoms with Gasteiger partial charge in [-0.25, -0.2) is 4.68 Å². The van der Waals surface area contributed by atoms with Crippen molar-refractivity contribution in [3.8, 4) is 5.69 Å². The number of nitrogens with zero attached hydrogens (tertiary/aromatic N) is 3. The topological polar surface area (TPSA) is 58.4 Å². The predicted molar refractivity (Wildman–Crippen MR) is 76.7 cm³/mol. The van der Waals surface area contributed by atoms with Crippen molar-refractivity contribution in [3.05, 3.63) is 48.3 Å². The number of hydrogen-bond donors (Lipinski definition) is 1. The number of aromatic nitrogens is 2. The molecule has 20 heavy (non-hydrogen) atoms. The maximum atomic E-state index is 11.1. The quantitative estimate of drug-likeness (QED) is 0.876. The van der Waals surface area contributed by atoms with Gasteiger partial charge in [0.2, 0.25) is 0 Å². The Morgan fingerprint density at radius 2 is 2.10 bits per heavy atom. The van der Waals surface area contributed by atoms with Crippen molar-refractivity contribution < 1.29 is 9.90 Å². The molecule has 1 N–H and O–H groups in total. The summed E-state index contributed by atoms with van der Waals surface area (Å²) in [6, 6.07) is 9.40. The van der Waals surface area contributed by atoms with Gasteiger partial charge in [-0.05, 0) is 37.2 Å². The third-order valence-electron chi connectivity index (χ3n) is 3.34. The molecule has 1 unspecified atom stereocenters. The van der Waals surface area contributed by atoms with Gasteiger partial charge >= 0.3 is 5.97 Å². The second-order valence-electron chi connectivity index (χ2n) is 4.79. The summed E-state index contributed by atoms with van der Waals surface area (Å²) in [5.41, 5.74) is 2.08. The summed E-state index contributed by atoms with van der Waals surface area (Å²) in [6.07, 6.45) is 4.22. The molecule has 0 spiro atoms. The number of likely N-dealkylation sites (N-methyl/N-ethyl adjacent to an activating group) is 1. The predicted octanol–water partition coefficient (Wildman–Crippen LogP) is 2.17. The van der Waals surface area contributed by atoms with Crippen LogP contribution in [-0.4, -0.2) is 38.8 Å². The number of carboxylic acid groups (broad SMARTS) is 1. The Bertz CT molecular complexity index is 549. The van der Waals surface area contributed by atoms with Gasteiger partial charge in [0, 0.05) is 18.9 Å². The van der Waals surface area contributed by atoms with Crippen LogP contribution in [0.4, 0.5) is 0 Å². The molecule has 0 aliphatic carbocycles. The molecule has 1 atom stereocenters. The highest BCUT2D eigenvalue weighted by Gasteiger charge is 2.20. The van der Waals surface area contributed by atoms with Gasteiger partial charge in [0.25, 0.3) is 0 Å². The highest BCUT2D eigenvalue weighted by atomic mass is 16.4. The van der Waals surface area contributed by atoms with E-state index < -0.39 is 12.0 Å². The molecule has 0 radical (unpaired) electrons.